The minimum absolute atomic E-state index is 0.678. The molecule has 0 saturated carbocycles. The van der Waals surface area contributed by atoms with Crippen LogP contribution in [0.3, 0.4) is 0 Å². The van der Waals surface area contributed by atoms with Gasteiger partial charge < -0.3 is 9.55 Å². The van der Waals surface area contributed by atoms with Crippen LogP contribution in [0.5, 0.6) is 0 Å². The molecule has 0 bridgehead atoms. The summed E-state index contributed by atoms with van der Waals surface area (Å²) < 4.78 is 2.11. The molecule has 1 aliphatic heterocycles. The second-order valence-corrected chi connectivity index (χ2v) is 6.64. The molecule has 3 heterocycles. The topological polar surface area (TPSA) is 49.7 Å². The summed E-state index contributed by atoms with van der Waals surface area (Å²) in [5, 5.41) is 0. The molecule has 5 heteroatoms. The number of fused-ring (bicyclic) bond motifs is 1. The monoisotopic (exact) mass is 309 g/mol. The number of nitrogens with zero attached hydrogens (tertiary/aromatic N) is 4. The van der Waals surface area contributed by atoms with Gasteiger partial charge in [0.2, 0.25) is 0 Å². The maximum atomic E-state index is 4.73. The molecule has 1 fully saturated rings. The number of imidazole rings is 2. The lowest BCUT2D eigenvalue weighted by atomic mass is 9.94. The summed E-state index contributed by atoms with van der Waals surface area (Å²) in [6.07, 6.45) is 7.45. The van der Waals surface area contributed by atoms with Crippen LogP contribution in [0.4, 0.5) is 0 Å². The van der Waals surface area contributed by atoms with Gasteiger partial charge in [-0.05, 0) is 37.4 Å². The smallest absolute Gasteiger partial charge is 0.107 e. The van der Waals surface area contributed by atoms with Crippen LogP contribution in [-0.2, 0) is 20.0 Å². The Morgan fingerprint density at radius 2 is 2.22 bits per heavy atom. The van der Waals surface area contributed by atoms with Gasteiger partial charge in [0.15, 0.2) is 0 Å². The van der Waals surface area contributed by atoms with E-state index in [-0.39, 0.29) is 0 Å². The van der Waals surface area contributed by atoms with Crippen molar-refractivity contribution in [2.75, 3.05) is 13.1 Å². The third-order valence-electron chi connectivity index (χ3n) is 4.83. The van der Waals surface area contributed by atoms with Gasteiger partial charge in [-0.2, -0.15) is 0 Å². The van der Waals surface area contributed by atoms with Gasteiger partial charge in [0.05, 0.1) is 23.1 Å². The lowest BCUT2D eigenvalue weighted by molar-refractivity contribution is 0.163. The van der Waals surface area contributed by atoms with Crippen molar-refractivity contribution < 1.29 is 0 Å². The zero-order valence-electron chi connectivity index (χ0n) is 13.6. The molecule has 120 valence electrons. The molecule has 1 atom stereocenters. The molecule has 23 heavy (non-hydrogen) atoms. The van der Waals surface area contributed by atoms with Crippen molar-refractivity contribution in [3.63, 3.8) is 0 Å². The lowest BCUT2D eigenvalue weighted by Gasteiger charge is -2.32. The number of aromatic amines is 1. The second-order valence-electron chi connectivity index (χ2n) is 6.64. The Bertz CT molecular complexity index is 754. The first kappa shape index (κ1) is 14.5. The molecular formula is C18H23N5. The molecular weight excluding hydrogens is 286 g/mol. The van der Waals surface area contributed by atoms with E-state index in [4.69, 9.17) is 4.98 Å². The first-order valence-electron chi connectivity index (χ1n) is 8.39. The normalized spacial score (nSPS) is 19.4. The highest BCUT2D eigenvalue weighted by molar-refractivity contribution is 5.74. The van der Waals surface area contributed by atoms with Crippen LogP contribution in [0.15, 0.2) is 36.8 Å². The van der Waals surface area contributed by atoms with E-state index < -0.39 is 0 Å². The molecule has 0 spiro atoms. The number of hydrogen-bond acceptors (Lipinski definition) is 3. The number of rotatable bonds is 4. The second kappa shape index (κ2) is 6.16. The average Bonchev–Trinajstić information content (AvgIpc) is 3.13. The fraction of sp³-hybridized carbons (Fsp3) is 0.444. The number of hydrogen-bond donors (Lipinski definition) is 1. The zero-order chi connectivity index (χ0) is 15.6. The molecule has 4 rings (SSSR count). The van der Waals surface area contributed by atoms with Crippen molar-refractivity contribution in [3.8, 4) is 0 Å². The summed E-state index contributed by atoms with van der Waals surface area (Å²) in [5.74, 6) is 1.80. The molecule has 1 saturated heterocycles. The summed E-state index contributed by atoms with van der Waals surface area (Å²) in [5.41, 5.74) is 3.50. The van der Waals surface area contributed by atoms with Gasteiger partial charge >= 0.3 is 0 Å². The van der Waals surface area contributed by atoms with Crippen LogP contribution in [-0.4, -0.2) is 37.5 Å². The number of H-pyrrole nitrogens is 1. The van der Waals surface area contributed by atoms with Crippen molar-refractivity contribution >= 4 is 11.0 Å². The molecule has 3 aromatic rings. The summed E-state index contributed by atoms with van der Waals surface area (Å²) in [6.45, 7) is 3.32. The van der Waals surface area contributed by atoms with Crippen molar-refractivity contribution in [1.29, 1.82) is 0 Å². The van der Waals surface area contributed by atoms with Gasteiger partial charge in [-0.25, -0.2) is 9.97 Å². The highest BCUT2D eigenvalue weighted by Crippen LogP contribution is 2.22. The van der Waals surface area contributed by atoms with Crippen LogP contribution < -0.4 is 0 Å². The van der Waals surface area contributed by atoms with Crippen molar-refractivity contribution in [2.24, 2.45) is 13.0 Å². The Morgan fingerprint density at radius 3 is 3.04 bits per heavy atom. The highest BCUT2D eigenvalue weighted by Gasteiger charge is 2.22. The van der Waals surface area contributed by atoms with E-state index in [2.05, 4.69) is 44.7 Å². The Hall–Kier alpha value is -2.14. The van der Waals surface area contributed by atoms with Crippen molar-refractivity contribution in [2.45, 2.75) is 25.8 Å². The molecule has 5 nitrogen and oxygen atoms in total. The number of aryl methyl sites for hydroxylation is 1. The summed E-state index contributed by atoms with van der Waals surface area (Å²) in [7, 11) is 2.07. The predicted molar refractivity (Wildman–Crippen MR) is 91.0 cm³/mol. The van der Waals surface area contributed by atoms with Crippen LogP contribution in [0.1, 0.15) is 24.4 Å². The molecule has 2 aromatic heterocycles. The van der Waals surface area contributed by atoms with E-state index in [1.54, 1.807) is 0 Å². The minimum atomic E-state index is 0.678. The molecule has 1 N–H and O–H groups in total. The largest absolute Gasteiger partial charge is 0.342 e. The van der Waals surface area contributed by atoms with E-state index in [0.717, 1.165) is 36.4 Å². The SMILES string of the molecule is Cn1cncc1CN1CCCC(Cc2nc3ccccc3[nH]2)C1. The number of nitrogens with one attached hydrogen (secondary N) is 1. The van der Waals surface area contributed by atoms with Gasteiger partial charge in [0.25, 0.3) is 0 Å². The minimum Gasteiger partial charge on any atom is -0.342 e. The van der Waals surface area contributed by atoms with E-state index in [1.807, 2.05) is 18.6 Å². The maximum Gasteiger partial charge on any atom is 0.107 e. The molecule has 1 aromatic carbocycles. The Balaban J connectivity index is 1.42. The first-order valence-corrected chi connectivity index (χ1v) is 8.39. The van der Waals surface area contributed by atoms with E-state index >= 15 is 0 Å². The molecule has 0 radical (unpaired) electrons. The predicted octanol–water partition coefficient (Wildman–Crippen LogP) is 2.75. The molecule has 0 aliphatic carbocycles. The Morgan fingerprint density at radius 1 is 1.30 bits per heavy atom. The van der Waals surface area contributed by atoms with Crippen LogP contribution in [0, 0.1) is 5.92 Å². The van der Waals surface area contributed by atoms with Gasteiger partial charge in [-0.15, -0.1) is 0 Å². The lowest BCUT2D eigenvalue weighted by Crippen LogP contribution is -2.36. The van der Waals surface area contributed by atoms with Crippen molar-refractivity contribution in [3.05, 3.63) is 48.3 Å². The number of likely N-dealkylation sites (tertiary alicyclic amines) is 1. The number of aromatic nitrogens is 4. The maximum absolute atomic E-state index is 4.73. The quantitative estimate of drug-likeness (QED) is 0.806. The number of para-hydroxylation sites is 2. The fourth-order valence-electron chi connectivity index (χ4n) is 3.60. The summed E-state index contributed by atoms with van der Waals surface area (Å²) in [6, 6.07) is 8.27. The molecule has 0 amide bonds. The summed E-state index contributed by atoms with van der Waals surface area (Å²) in [4.78, 5) is 15.0. The van der Waals surface area contributed by atoms with Crippen molar-refractivity contribution in [1.82, 2.24) is 24.4 Å². The molecule has 1 unspecified atom stereocenters. The Kier molecular flexibility index (Phi) is 3.87. The number of benzene rings is 1. The average molecular weight is 309 g/mol. The van der Waals surface area contributed by atoms with Crippen LogP contribution in [0.25, 0.3) is 11.0 Å². The first-order chi connectivity index (χ1) is 11.3. The third-order valence-corrected chi connectivity index (χ3v) is 4.83. The highest BCUT2D eigenvalue weighted by atomic mass is 15.2. The van der Waals surface area contributed by atoms with Crippen LogP contribution >= 0.6 is 0 Å². The van der Waals surface area contributed by atoms with Gasteiger partial charge in [-0.1, -0.05) is 12.1 Å². The number of piperidine rings is 1. The van der Waals surface area contributed by atoms with E-state index in [0.29, 0.717) is 5.92 Å². The Labute approximate surface area is 136 Å². The molecule has 1 aliphatic rings. The fourth-order valence-corrected chi connectivity index (χ4v) is 3.60. The van der Waals surface area contributed by atoms with Gasteiger partial charge in [0.1, 0.15) is 5.82 Å². The van der Waals surface area contributed by atoms with E-state index in [1.165, 1.54) is 25.1 Å². The van der Waals surface area contributed by atoms with Gasteiger partial charge in [0, 0.05) is 32.8 Å². The van der Waals surface area contributed by atoms with E-state index in [9.17, 15) is 0 Å². The third kappa shape index (κ3) is 3.15. The van der Waals surface area contributed by atoms with Crippen LogP contribution in [0.2, 0.25) is 0 Å². The zero-order valence-corrected chi connectivity index (χ0v) is 13.6. The standard InChI is InChI=1S/C18H23N5/c1-22-13-19-10-15(22)12-23-8-4-5-14(11-23)9-18-20-16-6-2-3-7-17(16)21-18/h2-3,6-7,10,13-14H,4-5,8-9,11-12H2,1H3,(H,20,21). The van der Waals surface area contributed by atoms with Gasteiger partial charge in [-0.3, -0.25) is 4.90 Å². The summed E-state index contributed by atoms with van der Waals surface area (Å²) >= 11 is 0.